The molecule has 6 heteroatoms. The Morgan fingerprint density at radius 3 is 2.00 bits per heavy atom. The minimum absolute atomic E-state index is 0. The van der Waals surface area contributed by atoms with Crippen LogP contribution in [-0.2, 0) is 4.79 Å². The van der Waals surface area contributed by atoms with Crippen LogP contribution in [0.4, 0.5) is 0 Å². The molecule has 3 rings (SSSR count). The number of nitrogens with zero attached hydrogens (tertiary/aromatic N) is 2. The van der Waals surface area contributed by atoms with Crippen LogP contribution in [0, 0.1) is 0 Å². The van der Waals surface area contributed by atoms with Gasteiger partial charge < -0.3 is 10.6 Å². The number of carbonyl (C=O) groups excluding carboxylic acids is 1. The Labute approximate surface area is 121 Å². The minimum atomic E-state index is -0.474. The van der Waals surface area contributed by atoms with Crippen molar-refractivity contribution in [3.05, 3.63) is 0 Å². The van der Waals surface area contributed by atoms with Crippen molar-refractivity contribution in [2.75, 3.05) is 26.2 Å². The van der Waals surface area contributed by atoms with E-state index >= 15 is 0 Å². The van der Waals surface area contributed by atoms with Gasteiger partial charge in [0, 0.05) is 32.2 Å². The van der Waals surface area contributed by atoms with Gasteiger partial charge in [0.15, 0.2) is 0 Å². The molecule has 0 unspecified atom stereocenters. The molecular weight excluding hydrogens is 273 g/mol. The second kappa shape index (κ2) is 5.95. The molecule has 0 aromatic carbocycles. The average Bonchev–Trinajstić information content (AvgIpc) is 2.96. The number of amides is 1. The second-order valence-corrected chi connectivity index (χ2v) is 5.57. The SMILES string of the molecule is Cl.Cl.NC1(C(=O)N2CCN(C3CCC3)CC2)CC1. The molecule has 0 bridgehead atoms. The maximum atomic E-state index is 12.0. The van der Waals surface area contributed by atoms with E-state index < -0.39 is 5.54 Å². The Balaban J connectivity index is 0.000000810. The number of nitrogens with two attached hydrogens (primary N) is 1. The fraction of sp³-hybridized carbons (Fsp3) is 0.917. The normalized spacial score (nSPS) is 26.6. The number of rotatable bonds is 2. The predicted molar refractivity (Wildman–Crippen MR) is 76.4 cm³/mol. The fourth-order valence-corrected chi connectivity index (χ4v) is 2.71. The highest BCUT2D eigenvalue weighted by Crippen LogP contribution is 2.34. The molecule has 0 aromatic heterocycles. The van der Waals surface area contributed by atoms with Gasteiger partial charge >= 0.3 is 0 Å². The summed E-state index contributed by atoms with van der Waals surface area (Å²) in [6.45, 7) is 3.86. The van der Waals surface area contributed by atoms with E-state index in [4.69, 9.17) is 5.73 Å². The molecule has 1 saturated heterocycles. The van der Waals surface area contributed by atoms with Gasteiger partial charge in [-0.3, -0.25) is 9.69 Å². The standard InChI is InChI=1S/C12H21N3O.2ClH/c13-12(4-5-12)11(16)15-8-6-14(7-9-15)10-2-1-3-10;;/h10H,1-9,13H2;2*1H. The molecule has 106 valence electrons. The van der Waals surface area contributed by atoms with Crippen LogP contribution >= 0.6 is 24.8 Å². The van der Waals surface area contributed by atoms with E-state index in [-0.39, 0.29) is 30.7 Å². The van der Waals surface area contributed by atoms with Crippen LogP contribution in [0.15, 0.2) is 0 Å². The Morgan fingerprint density at radius 2 is 1.61 bits per heavy atom. The zero-order chi connectivity index (χ0) is 11.2. The van der Waals surface area contributed by atoms with Crippen LogP contribution in [-0.4, -0.2) is 53.5 Å². The molecular formula is C12H23Cl2N3O. The summed E-state index contributed by atoms with van der Waals surface area (Å²) >= 11 is 0. The van der Waals surface area contributed by atoms with E-state index in [1.54, 1.807) is 0 Å². The quantitative estimate of drug-likeness (QED) is 0.827. The summed E-state index contributed by atoms with van der Waals surface area (Å²) in [5.74, 6) is 0.195. The summed E-state index contributed by atoms with van der Waals surface area (Å²) in [6.07, 6.45) is 5.86. The van der Waals surface area contributed by atoms with E-state index in [0.717, 1.165) is 45.1 Å². The van der Waals surface area contributed by atoms with E-state index in [0.29, 0.717) is 0 Å². The van der Waals surface area contributed by atoms with Gasteiger partial charge in [-0.05, 0) is 25.7 Å². The summed E-state index contributed by atoms with van der Waals surface area (Å²) in [5, 5.41) is 0. The van der Waals surface area contributed by atoms with Crippen molar-refractivity contribution in [1.29, 1.82) is 0 Å². The molecule has 3 aliphatic rings. The first-order chi connectivity index (χ1) is 7.69. The number of hydrogen-bond acceptors (Lipinski definition) is 3. The highest BCUT2D eigenvalue weighted by atomic mass is 35.5. The summed E-state index contributed by atoms with van der Waals surface area (Å²) < 4.78 is 0. The predicted octanol–water partition coefficient (Wildman–Crippen LogP) is 1.02. The molecule has 3 fully saturated rings. The molecule has 1 amide bonds. The van der Waals surface area contributed by atoms with Gasteiger partial charge in [0.1, 0.15) is 0 Å². The molecule has 2 aliphatic carbocycles. The molecule has 0 radical (unpaired) electrons. The summed E-state index contributed by atoms with van der Waals surface area (Å²) in [6, 6.07) is 0.810. The highest BCUT2D eigenvalue weighted by Gasteiger charge is 2.48. The number of halogens is 2. The second-order valence-electron chi connectivity index (χ2n) is 5.57. The third-order valence-corrected chi connectivity index (χ3v) is 4.41. The highest BCUT2D eigenvalue weighted by molar-refractivity contribution is 5.89. The zero-order valence-corrected chi connectivity index (χ0v) is 12.3. The van der Waals surface area contributed by atoms with Crippen LogP contribution in [0.1, 0.15) is 32.1 Å². The maximum absolute atomic E-state index is 12.0. The van der Waals surface area contributed by atoms with Crippen molar-refractivity contribution < 1.29 is 4.79 Å². The smallest absolute Gasteiger partial charge is 0.242 e. The Hall–Kier alpha value is -0.0300. The molecule has 1 aliphatic heterocycles. The first kappa shape index (κ1) is 16.0. The van der Waals surface area contributed by atoms with Crippen molar-refractivity contribution >= 4 is 30.7 Å². The van der Waals surface area contributed by atoms with Crippen LogP contribution in [0.2, 0.25) is 0 Å². The van der Waals surface area contributed by atoms with Gasteiger partial charge in [-0.15, -0.1) is 24.8 Å². The summed E-state index contributed by atoms with van der Waals surface area (Å²) in [7, 11) is 0. The van der Waals surface area contributed by atoms with Gasteiger partial charge in [-0.2, -0.15) is 0 Å². The van der Waals surface area contributed by atoms with Crippen molar-refractivity contribution in [3.8, 4) is 0 Å². The van der Waals surface area contributed by atoms with Crippen LogP contribution in [0.5, 0.6) is 0 Å². The molecule has 0 aromatic rings. The average molecular weight is 296 g/mol. The van der Waals surface area contributed by atoms with E-state index in [2.05, 4.69) is 4.90 Å². The molecule has 18 heavy (non-hydrogen) atoms. The van der Waals surface area contributed by atoms with Gasteiger partial charge in [0.05, 0.1) is 5.54 Å². The third kappa shape index (κ3) is 2.93. The molecule has 0 atom stereocenters. The first-order valence-corrected chi connectivity index (χ1v) is 6.51. The van der Waals surface area contributed by atoms with Gasteiger partial charge in [0.25, 0.3) is 0 Å². The lowest BCUT2D eigenvalue weighted by atomic mass is 9.91. The van der Waals surface area contributed by atoms with Gasteiger partial charge in [-0.25, -0.2) is 0 Å². The van der Waals surface area contributed by atoms with Crippen LogP contribution < -0.4 is 5.73 Å². The molecule has 2 saturated carbocycles. The molecule has 0 spiro atoms. The zero-order valence-electron chi connectivity index (χ0n) is 10.6. The monoisotopic (exact) mass is 295 g/mol. The van der Waals surface area contributed by atoms with Crippen molar-refractivity contribution in [1.82, 2.24) is 9.80 Å². The number of carbonyl (C=O) groups is 1. The Morgan fingerprint density at radius 1 is 1.06 bits per heavy atom. The number of hydrogen-bond donors (Lipinski definition) is 1. The van der Waals surface area contributed by atoms with E-state index in [1.165, 1.54) is 19.3 Å². The minimum Gasteiger partial charge on any atom is -0.339 e. The Bertz CT molecular complexity index is 298. The largest absolute Gasteiger partial charge is 0.339 e. The summed E-state index contributed by atoms with van der Waals surface area (Å²) in [5.41, 5.74) is 5.47. The third-order valence-electron chi connectivity index (χ3n) is 4.41. The van der Waals surface area contributed by atoms with Crippen LogP contribution in [0.3, 0.4) is 0 Å². The lowest BCUT2D eigenvalue weighted by Crippen LogP contribution is -2.56. The van der Waals surface area contributed by atoms with Crippen molar-refractivity contribution in [3.63, 3.8) is 0 Å². The maximum Gasteiger partial charge on any atom is 0.242 e. The van der Waals surface area contributed by atoms with Gasteiger partial charge in [-0.1, -0.05) is 6.42 Å². The first-order valence-electron chi connectivity index (χ1n) is 6.51. The van der Waals surface area contributed by atoms with Crippen molar-refractivity contribution in [2.24, 2.45) is 5.73 Å². The Kier molecular flexibility index (Phi) is 5.30. The lowest BCUT2D eigenvalue weighted by Gasteiger charge is -2.43. The lowest BCUT2D eigenvalue weighted by molar-refractivity contribution is -0.136. The number of piperazine rings is 1. The molecule has 1 heterocycles. The topological polar surface area (TPSA) is 49.6 Å². The van der Waals surface area contributed by atoms with Crippen LogP contribution in [0.25, 0.3) is 0 Å². The van der Waals surface area contributed by atoms with Gasteiger partial charge in [0.2, 0.25) is 5.91 Å². The van der Waals surface area contributed by atoms with E-state index in [1.807, 2.05) is 4.90 Å². The molecule has 2 N–H and O–H groups in total. The van der Waals surface area contributed by atoms with E-state index in [9.17, 15) is 4.79 Å². The summed E-state index contributed by atoms with van der Waals surface area (Å²) in [4.78, 5) is 16.5. The van der Waals surface area contributed by atoms with Crippen molar-refractivity contribution in [2.45, 2.75) is 43.7 Å². The fourth-order valence-electron chi connectivity index (χ4n) is 2.71. The molecule has 4 nitrogen and oxygen atoms in total.